The highest BCUT2D eigenvalue weighted by atomic mass is 16.4. The maximum Gasteiger partial charge on any atom is 0.304 e. The summed E-state index contributed by atoms with van der Waals surface area (Å²) in [6, 6.07) is 0. The number of amides is 1. The highest BCUT2D eigenvalue weighted by Crippen LogP contribution is 2.10. The molecule has 0 aromatic heterocycles. The lowest BCUT2D eigenvalue weighted by Crippen LogP contribution is -2.43. The van der Waals surface area contributed by atoms with Crippen LogP contribution in [0, 0.1) is 0 Å². The molecule has 2 rings (SSSR count). The Morgan fingerprint density at radius 1 is 0.810 bits per heavy atom. The molecule has 0 bridgehead atoms. The molecule has 0 aliphatic carbocycles. The summed E-state index contributed by atoms with van der Waals surface area (Å²) in [6.45, 7) is 6.55. The van der Waals surface area contributed by atoms with Gasteiger partial charge in [-0.15, -0.1) is 0 Å². The maximum absolute atomic E-state index is 12.3. The van der Waals surface area contributed by atoms with Crippen LogP contribution in [0.15, 0.2) is 0 Å². The van der Waals surface area contributed by atoms with Crippen molar-refractivity contribution in [1.29, 1.82) is 0 Å². The van der Waals surface area contributed by atoms with Gasteiger partial charge in [-0.25, -0.2) is 0 Å². The summed E-state index contributed by atoms with van der Waals surface area (Å²) in [6.07, 6.45) is 4.72. The third-order valence-corrected chi connectivity index (χ3v) is 4.39. The highest BCUT2D eigenvalue weighted by molar-refractivity contribution is 5.78. The SMILES string of the molecule is O=C(O)CCN1CCCN(CC(=O)N2CCCCC2)CC1. The van der Waals surface area contributed by atoms with Crippen LogP contribution in [-0.4, -0.2) is 84.0 Å². The van der Waals surface area contributed by atoms with E-state index in [9.17, 15) is 9.59 Å². The van der Waals surface area contributed by atoms with Crippen LogP contribution in [-0.2, 0) is 9.59 Å². The van der Waals surface area contributed by atoms with Crippen LogP contribution in [0.4, 0.5) is 0 Å². The van der Waals surface area contributed by atoms with Gasteiger partial charge in [0, 0.05) is 32.7 Å². The molecule has 1 N–H and O–H groups in total. The van der Waals surface area contributed by atoms with Crippen LogP contribution in [0.3, 0.4) is 0 Å². The van der Waals surface area contributed by atoms with Crippen LogP contribution in [0.5, 0.6) is 0 Å². The lowest BCUT2D eigenvalue weighted by molar-refractivity contribution is -0.137. The Labute approximate surface area is 126 Å². The van der Waals surface area contributed by atoms with E-state index in [1.807, 2.05) is 4.90 Å². The quantitative estimate of drug-likeness (QED) is 0.800. The first-order valence-electron chi connectivity index (χ1n) is 8.09. The lowest BCUT2D eigenvalue weighted by atomic mass is 10.1. The molecule has 0 aromatic carbocycles. The van der Waals surface area contributed by atoms with Gasteiger partial charge in [-0.1, -0.05) is 0 Å². The van der Waals surface area contributed by atoms with E-state index in [0.29, 0.717) is 13.1 Å². The summed E-state index contributed by atoms with van der Waals surface area (Å²) >= 11 is 0. The van der Waals surface area contributed by atoms with Gasteiger partial charge in [0.05, 0.1) is 13.0 Å². The van der Waals surface area contributed by atoms with Crippen molar-refractivity contribution in [1.82, 2.24) is 14.7 Å². The summed E-state index contributed by atoms with van der Waals surface area (Å²) < 4.78 is 0. The average Bonchev–Trinajstić information content (AvgIpc) is 2.71. The Morgan fingerprint density at radius 2 is 1.48 bits per heavy atom. The largest absolute Gasteiger partial charge is 0.481 e. The number of carboxylic acids is 1. The van der Waals surface area contributed by atoms with E-state index in [1.165, 1.54) is 6.42 Å². The zero-order chi connectivity index (χ0) is 15.1. The summed E-state index contributed by atoms with van der Waals surface area (Å²) in [5.41, 5.74) is 0. The molecule has 2 aliphatic rings. The van der Waals surface area contributed by atoms with Crippen molar-refractivity contribution < 1.29 is 14.7 Å². The van der Waals surface area contributed by atoms with E-state index in [0.717, 1.165) is 58.5 Å². The Bertz CT molecular complexity index is 356. The number of aliphatic carboxylic acids is 1. The smallest absolute Gasteiger partial charge is 0.304 e. The lowest BCUT2D eigenvalue weighted by Gasteiger charge is -2.29. The van der Waals surface area contributed by atoms with Gasteiger partial charge in [0.15, 0.2) is 0 Å². The van der Waals surface area contributed by atoms with Gasteiger partial charge in [-0.05, 0) is 38.8 Å². The zero-order valence-electron chi connectivity index (χ0n) is 12.8. The van der Waals surface area contributed by atoms with Crippen LogP contribution in [0.1, 0.15) is 32.1 Å². The van der Waals surface area contributed by atoms with Crippen molar-refractivity contribution in [2.75, 3.05) is 52.4 Å². The van der Waals surface area contributed by atoms with Gasteiger partial charge in [-0.3, -0.25) is 14.5 Å². The normalized spacial score (nSPS) is 22.0. The Balaban J connectivity index is 1.72. The predicted molar refractivity (Wildman–Crippen MR) is 80.2 cm³/mol. The molecule has 6 nitrogen and oxygen atoms in total. The number of hydrogen-bond donors (Lipinski definition) is 1. The molecule has 2 heterocycles. The molecule has 0 atom stereocenters. The number of likely N-dealkylation sites (tertiary alicyclic amines) is 1. The van der Waals surface area contributed by atoms with Gasteiger partial charge in [-0.2, -0.15) is 0 Å². The molecule has 0 unspecified atom stereocenters. The third kappa shape index (κ3) is 5.63. The van der Waals surface area contributed by atoms with E-state index in [2.05, 4.69) is 9.80 Å². The Hall–Kier alpha value is -1.14. The van der Waals surface area contributed by atoms with Crippen LogP contribution in [0.2, 0.25) is 0 Å². The van der Waals surface area contributed by atoms with Crippen molar-refractivity contribution in [2.45, 2.75) is 32.1 Å². The second-order valence-electron chi connectivity index (χ2n) is 6.06. The number of rotatable bonds is 5. The number of piperidine rings is 1. The minimum absolute atomic E-state index is 0.201. The molecule has 0 saturated carbocycles. The molecule has 1 amide bonds. The Morgan fingerprint density at radius 3 is 2.19 bits per heavy atom. The fourth-order valence-corrected chi connectivity index (χ4v) is 3.09. The maximum atomic E-state index is 12.3. The Kier molecular flexibility index (Phi) is 6.45. The summed E-state index contributed by atoms with van der Waals surface area (Å²) in [5.74, 6) is -0.481. The van der Waals surface area contributed by atoms with Crippen molar-refractivity contribution in [2.24, 2.45) is 0 Å². The molecule has 2 fully saturated rings. The first-order valence-corrected chi connectivity index (χ1v) is 8.09. The van der Waals surface area contributed by atoms with Crippen LogP contribution >= 0.6 is 0 Å². The van der Waals surface area contributed by atoms with E-state index in [-0.39, 0.29) is 12.3 Å². The minimum Gasteiger partial charge on any atom is -0.481 e. The molecule has 6 heteroatoms. The van der Waals surface area contributed by atoms with Crippen molar-refractivity contribution in [3.63, 3.8) is 0 Å². The highest BCUT2D eigenvalue weighted by Gasteiger charge is 2.21. The third-order valence-electron chi connectivity index (χ3n) is 4.39. The molecular weight excluding hydrogens is 270 g/mol. The van der Waals surface area contributed by atoms with E-state index in [4.69, 9.17) is 5.11 Å². The number of carbonyl (C=O) groups excluding carboxylic acids is 1. The molecule has 0 spiro atoms. The monoisotopic (exact) mass is 297 g/mol. The summed E-state index contributed by atoms with van der Waals surface area (Å²) in [4.78, 5) is 29.3. The van der Waals surface area contributed by atoms with Gasteiger partial charge >= 0.3 is 5.97 Å². The molecule has 0 radical (unpaired) electrons. The van der Waals surface area contributed by atoms with Gasteiger partial charge in [0.25, 0.3) is 0 Å². The van der Waals surface area contributed by atoms with Crippen LogP contribution < -0.4 is 0 Å². The van der Waals surface area contributed by atoms with Crippen molar-refractivity contribution in [3.05, 3.63) is 0 Å². The predicted octanol–water partition coefficient (Wildman–Crippen LogP) is 0.481. The van der Waals surface area contributed by atoms with Crippen molar-refractivity contribution >= 4 is 11.9 Å². The standard InChI is InChI=1S/C15H27N3O3/c19-14(18-8-2-1-3-9-18)13-17-7-4-6-16(11-12-17)10-5-15(20)21/h1-13H2,(H,20,21). The van der Waals surface area contributed by atoms with E-state index in [1.54, 1.807) is 0 Å². The first-order chi connectivity index (χ1) is 10.1. The van der Waals surface area contributed by atoms with E-state index >= 15 is 0 Å². The molecule has 0 aromatic rings. The number of carboxylic acid groups (broad SMARTS) is 1. The summed E-state index contributed by atoms with van der Waals surface area (Å²) in [7, 11) is 0. The number of nitrogens with zero attached hydrogens (tertiary/aromatic N) is 3. The molecule has 120 valence electrons. The minimum atomic E-state index is -0.739. The van der Waals surface area contributed by atoms with Gasteiger partial charge < -0.3 is 14.9 Å². The molecule has 2 saturated heterocycles. The molecule has 21 heavy (non-hydrogen) atoms. The topological polar surface area (TPSA) is 64.1 Å². The number of hydrogen-bond acceptors (Lipinski definition) is 4. The van der Waals surface area contributed by atoms with Crippen LogP contribution in [0.25, 0.3) is 0 Å². The molecule has 2 aliphatic heterocycles. The van der Waals surface area contributed by atoms with E-state index < -0.39 is 5.97 Å². The average molecular weight is 297 g/mol. The fraction of sp³-hybridized carbons (Fsp3) is 0.867. The fourth-order valence-electron chi connectivity index (χ4n) is 3.09. The van der Waals surface area contributed by atoms with Gasteiger partial charge in [0.2, 0.25) is 5.91 Å². The second-order valence-corrected chi connectivity index (χ2v) is 6.06. The molecular formula is C15H27N3O3. The first kappa shape index (κ1) is 16.2. The van der Waals surface area contributed by atoms with Gasteiger partial charge in [0.1, 0.15) is 0 Å². The number of carbonyl (C=O) groups is 2. The zero-order valence-corrected chi connectivity index (χ0v) is 12.8. The summed E-state index contributed by atoms with van der Waals surface area (Å²) in [5, 5.41) is 8.74. The second kappa shape index (κ2) is 8.34. The van der Waals surface area contributed by atoms with Crippen molar-refractivity contribution in [3.8, 4) is 0 Å².